The van der Waals surface area contributed by atoms with Crippen LogP contribution in [0.25, 0.3) is 0 Å². The van der Waals surface area contributed by atoms with Crippen molar-refractivity contribution >= 4 is 22.6 Å². The second-order valence-electron chi connectivity index (χ2n) is 5.38. The normalized spacial score (nSPS) is 18.1. The van der Waals surface area contributed by atoms with E-state index in [4.69, 9.17) is 4.74 Å². The van der Waals surface area contributed by atoms with Gasteiger partial charge in [-0.3, -0.25) is 4.99 Å². The van der Waals surface area contributed by atoms with Gasteiger partial charge in [0.1, 0.15) is 5.75 Å². The van der Waals surface area contributed by atoms with Crippen LogP contribution in [-0.4, -0.2) is 24.6 Å². The molecule has 3 nitrogen and oxygen atoms in total. The van der Waals surface area contributed by atoms with Gasteiger partial charge in [0, 0.05) is 18.0 Å². The molecule has 1 aliphatic heterocycles. The van der Waals surface area contributed by atoms with Gasteiger partial charge < -0.3 is 10.1 Å². The smallest absolute Gasteiger partial charge is 0.161 e. The molecule has 0 amide bonds. The summed E-state index contributed by atoms with van der Waals surface area (Å²) < 4.78 is 5.20. The van der Waals surface area contributed by atoms with Gasteiger partial charge in [0.2, 0.25) is 0 Å². The fourth-order valence-corrected chi connectivity index (χ4v) is 2.69. The molecule has 0 unspecified atom stereocenters. The lowest BCUT2D eigenvalue weighted by molar-refractivity contribution is 0.414. The highest BCUT2D eigenvalue weighted by atomic mass is 32.2. The maximum Gasteiger partial charge on any atom is 0.161 e. The van der Waals surface area contributed by atoms with Gasteiger partial charge >= 0.3 is 0 Å². The molecule has 0 aromatic heterocycles. The third kappa shape index (κ3) is 3.19. The lowest BCUT2D eigenvalue weighted by Gasteiger charge is -2.27. The molecule has 0 bridgehead atoms. The SMILES string of the molecule is COc1ccc(NC2=NCC(C)(C)CS2)c(C)c1. The number of ether oxygens (including phenoxy) is 1. The lowest BCUT2D eigenvalue weighted by atomic mass is 9.97. The van der Waals surface area contributed by atoms with Crippen molar-refractivity contribution in [3.63, 3.8) is 0 Å². The number of benzene rings is 1. The minimum atomic E-state index is 0.310. The second-order valence-corrected chi connectivity index (χ2v) is 6.34. The van der Waals surface area contributed by atoms with Gasteiger partial charge in [-0.15, -0.1) is 0 Å². The average molecular weight is 264 g/mol. The van der Waals surface area contributed by atoms with Gasteiger partial charge in [0.05, 0.1) is 7.11 Å². The summed E-state index contributed by atoms with van der Waals surface area (Å²) in [6, 6.07) is 6.03. The van der Waals surface area contributed by atoms with E-state index in [0.29, 0.717) is 5.41 Å². The number of nitrogens with zero attached hydrogens (tertiary/aromatic N) is 1. The van der Waals surface area contributed by atoms with Crippen LogP contribution in [0.4, 0.5) is 5.69 Å². The van der Waals surface area contributed by atoms with Gasteiger partial charge in [-0.05, 0) is 36.1 Å². The summed E-state index contributed by atoms with van der Waals surface area (Å²) in [4.78, 5) is 4.60. The molecule has 0 spiro atoms. The van der Waals surface area contributed by atoms with Crippen LogP contribution in [0.2, 0.25) is 0 Å². The van der Waals surface area contributed by atoms with Crippen molar-refractivity contribution < 1.29 is 4.74 Å². The lowest BCUT2D eigenvalue weighted by Crippen LogP contribution is -2.27. The van der Waals surface area contributed by atoms with E-state index in [1.807, 2.05) is 18.2 Å². The molecule has 18 heavy (non-hydrogen) atoms. The Bertz CT molecular complexity index is 469. The zero-order valence-electron chi connectivity index (χ0n) is 11.4. The third-order valence-corrected chi connectivity index (χ3v) is 4.36. The average Bonchev–Trinajstić information content (AvgIpc) is 2.34. The topological polar surface area (TPSA) is 33.6 Å². The number of thioether (sulfide) groups is 1. The molecular weight excluding hydrogens is 244 g/mol. The molecule has 2 rings (SSSR count). The molecular formula is C14H20N2OS. The number of nitrogens with one attached hydrogen (secondary N) is 1. The molecule has 0 saturated heterocycles. The van der Waals surface area contributed by atoms with Gasteiger partial charge in [0.15, 0.2) is 5.17 Å². The highest BCUT2D eigenvalue weighted by Gasteiger charge is 2.23. The molecule has 1 aromatic carbocycles. The molecule has 0 radical (unpaired) electrons. The highest BCUT2D eigenvalue weighted by molar-refractivity contribution is 8.14. The van der Waals surface area contributed by atoms with Crippen LogP contribution in [0.5, 0.6) is 5.75 Å². The van der Waals surface area contributed by atoms with Crippen LogP contribution < -0.4 is 10.1 Å². The van der Waals surface area contributed by atoms with E-state index in [1.54, 1.807) is 18.9 Å². The monoisotopic (exact) mass is 264 g/mol. The van der Waals surface area contributed by atoms with Crippen LogP contribution in [0.15, 0.2) is 23.2 Å². The van der Waals surface area contributed by atoms with Crippen molar-refractivity contribution in [1.82, 2.24) is 0 Å². The summed E-state index contributed by atoms with van der Waals surface area (Å²) in [6.07, 6.45) is 0. The molecule has 0 aliphatic carbocycles. The van der Waals surface area contributed by atoms with E-state index in [2.05, 4.69) is 31.1 Å². The predicted octanol–water partition coefficient (Wildman–Crippen LogP) is 3.54. The van der Waals surface area contributed by atoms with E-state index in [9.17, 15) is 0 Å². The number of aryl methyl sites for hydroxylation is 1. The maximum absolute atomic E-state index is 5.20. The molecule has 1 aromatic rings. The Hall–Kier alpha value is -1.16. The van der Waals surface area contributed by atoms with E-state index < -0.39 is 0 Å². The van der Waals surface area contributed by atoms with Crippen LogP contribution in [0.1, 0.15) is 19.4 Å². The van der Waals surface area contributed by atoms with E-state index in [-0.39, 0.29) is 0 Å². The summed E-state index contributed by atoms with van der Waals surface area (Å²) in [6.45, 7) is 7.46. The van der Waals surface area contributed by atoms with Gasteiger partial charge in [-0.2, -0.15) is 0 Å². The number of amidine groups is 1. The quantitative estimate of drug-likeness (QED) is 0.887. The Morgan fingerprint density at radius 1 is 1.39 bits per heavy atom. The van der Waals surface area contributed by atoms with Crippen LogP contribution >= 0.6 is 11.8 Å². The van der Waals surface area contributed by atoms with Crippen LogP contribution in [-0.2, 0) is 0 Å². The predicted molar refractivity (Wildman–Crippen MR) is 79.9 cm³/mol. The van der Waals surface area contributed by atoms with Crippen molar-refractivity contribution in [3.8, 4) is 5.75 Å². The molecule has 0 saturated carbocycles. The summed E-state index contributed by atoms with van der Waals surface area (Å²) in [7, 11) is 1.69. The van der Waals surface area contributed by atoms with Crippen molar-refractivity contribution in [3.05, 3.63) is 23.8 Å². The first kappa shape index (κ1) is 13.3. The Labute approximate surface area is 113 Å². The molecule has 1 heterocycles. The molecule has 0 atom stereocenters. The van der Waals surface area contributed by atoms with Gasteiger partial charge in [-0.25, -0.2) is 0 Å². The number of rotatable bonds is 2. The first-order valence-corrected chi connectivity index (χ1v) is 7.08. The number of anilines is 1. The van der Waals surface area contributed by atoms with Crippen LogP contribution in [0.3, 0.4) is 0 Å². The fourth-order valence-electron chi connectivity index (χ4n) is 1.74. The third-order valence-electron chi connectivity index (χ3n) is 2.93. The minimum Gasteiger partial charge on any atom is -0.497 e. The summed E-state index contributed by atoms with van der Waals surface area (Å²) in [5, 5.41) is 4.41. The summed E-state index contributed by atoms with van der Waals surface area (Å²) >= 11 is 1.79. The number of hydrogen-bond acceptors (Lipinski definition) is 4. The standard InChI is InChI=1S/C14H20N2OS/c1-10-7-11(17-4)5-6-12(10)16-13-15-8-14(2,3)9-18-13/h5-7H,8-9H2,1-4H3,(H,15,16). The number of methoxy groups -OCH3 is 1. The van der Waals surface area contributed by atoms with E-state index >= 15 is 0 Å². The summed E-state index contributed by atoms with van der Waals surface area (Å²) in [5.41, 5.74) is 2.58. The van der Waals surface area contributed by atoms with Gasteiger partial charge in [0.25, 0.3) is 0 Å². The molecule has 1 N–H and O–H groups in total. The Kier molecular flexibility index (Phi) is 3.85. The van der Waals surface area contributed by atoms with Crippen molar-refractivity contribution in [2.24, 2.45) is 10.4 Å². The maximum atomic E-state index is 5.20. The zero-order chi connectivity index (χ0) is 13.2. The van der Waals surface area contributed by atoms with Crippen molar-refractivity contribution in [2.75, 3.05) is 24.7 Å². The van der Waals surface area contributed by atoms with Crippen LogP contribution in [0, 0.1) is 12.3 Å². The summed E-state index contributed by atoms with van der Waals surface area (Å²) in [5.74, 6) is 1.99. The number of hydrogen-bond donors (Lipinski definition) is 1. The Morgan fingerprint density at radius 2 is 2.17 bits per heavy atom. The molecule has 4 heteroatoms. The molecule has 0 fully saturated rings. The first-order chi connectivity index (χ1) is 8.50. The van der Waals surface area contributed by atoms with Gasteiger partial charge in [-0.1, -0.05) is 25.6 Å². The fraction of sp³-hybridized carbons (Fsp3) is 0.500. The zero-order valence-corrected chi connectivity index (χ0v) is 12.2. The largest absolute Gasteiger partial charge is 0.497 e. The van der Waals surface area contributed by atoms with Crippen molar-refractivity contribution in [2.45, 2.75) is 20.8 Å². The van der Waals surface area contributed by atoms with E-state index in [0.717, 1.165) is 28.9 Å². The second kappa shape index (κ2) is 5.22. The molecule has 98 valence electrons. The molecule has 1 aliphatic rings. The Morgan fingerprint density at radius 3 is 2.72 bits per heavy atom. The first-order valence-electron chi connectivity index (χ1n) is 6.09. The van der Waals surface area contributed by atoms with E-state index in [1.165, 1.54) is 5.56 Å². The highest BCUT2D eigenvalue weighted by Crippen LogP contribution is 2.29. The van der Waals surface area contributed by atoms with Crippen molar-refractivity contribution in [1.29, 1.82) is 0 Å². The number of aliphatic imine (C=N–C) groups is 1. The Balaban J connectivity index is 2.09. The minimum absolute atomic E-state index is 0.310.